The summed E-state index contributed by atoms with van der Waals surface area (Å²) in [7, 11) is 0. The lowest BCUT2D eigenvalue weighted by atomic mass is 9.33. The minimum absolute atomic E-state index is 0.0152. The Morgan fingerprint density at radius 3 is 1.44 bits per heavy atom. The molecule has 2 aliphatic rings. The van der Waals surface area contributed by atoms with Crippen molar-refractivity contribution in [3.05, 3.63) is 308 Å². The van der Waals surface area contributed by atoms with Crippen LogP contribution in [0.15, 0.2) is 291 Å². The fraction of sp³-hybridized carbons (Fsp3) is 0.133. The molecule has 2 aromatic heterocycles. The Morgan fingerprint density at radius 2 is 0.811 bits per heavy atom. The summed E-state index contributed by atoms with van der Waals surface area (Å²) in [6.07, 6.45) is 0. The predicted octanol–water partition coefficient (Wildman–Crippen LogP) is 22.5. The van der Waals surface area contributed by atoms with Crippen molar-refractivity contribution >= 4 is 101 Å². The van der Waals surface area contributed by atoms with E-state index in [1.54, 1.807) is 4.57 Å². The first-order valence-electron chi connectivity index (χ1n) is 39.1. The summed E-state index contributed by atoms with van der Waals surface area (Å²) >= 11 is 0. The quantitative estimate of drug-likeness (QED) is 0.141. The minimum Gasteiger partial charge on any atom is -0.311 e. The SMILES string of the molecule is [2H]c1c([2H])c([2H])c(-c2ccc3c(c2)N(c2cc(-c4cccc(C(C)(C)C)c4)cc4c2c2ccccc2n4-c2ccccc2)c2cc(C(C)(C)C)cc4c2B3c2ccc(-n3c5c([2H])c([2H])c([2H])c([2H])c5c5c([2H])c([2H])c([2H])c([2H])c53)cc2N4c2c(-c3ccccc3)cc(C(C)(C)C)cc2-c2ccccc2)c([2H])c1[2H]. The number of benzene rings is 13. The first-order chi connectivity index (χ1) is 51.4. The van der Waals surface area contributed by atoms with Crippen molar-refractivity contribution in [2.24, 2.45) is 0 Å². The van der Waals surface area contributed by atoms with Gasteiger partial charge in [0.15, 0.2) is 0 Å². The number of nitrogens with zero attached hydrogens (tertiary/aromatic N) is 4. The summed E-state index contributed by atoms with van der Waals surface area (Å²) in [5.74, 6) is 0. The van der Waals surface area contributed by atoms with Crippen LogP contribution in [0, 0.1) is 0 Å². The molecule has 17 rings (SSSR count). The molecule has 0 atom stereocenters. The molecule has 0 aliphatic carbocycles. The van der Waals surface area contributed by atoms with Crippen molar-refractivity contribution in [2.75, 3.05) is 9.80 Å². The summed E-state index contributed by atoms with van der Waals surface area (Å²) in [6, 6.07) is 68.1. The lowest BCUT2D eigenvalue weighted by molar-refractivity contribution is 0.590. The average Bonchev–Trinajstić information content (AvgIpc) is 1.00. The second-order valence-corrected chi connectivity index (χ2v) is 28.4. The summed E-state index contributed by atoms with van der Waals surface area (Å²) in [5, 5.41) is 1.83. The highest BCUT2D eigenvalue weighted by Crippen LogP contribution is 2.55. The molecule has 4 heterocycles. The Bertz CT molecular complexity index is 6200. The Balaban J connectivity index is 1.09. The molecule has 5 heteroatoms. The van der Waals surface area contributed by atoms with Crippen LogP contribution in [0.4, 0.5) is 34.1 Å². The monoisotopic (exact) mass is 1240 g/mol. The van der Waals surface area contributed by atoms with E-state index in [0.29, 0.717) is 22.6 Å². The van der Waals surface area contributed by atoms with Crippen LogP contribution in [0.2, 0.25) is 0 Å². The zero-order valence-electron chi connectivity index (χ0n) is 67.6. The van der Waals surface area contributed by atoms with Gasteiger partial charge in [-0.25, -0.2) is 0 Å². The van der Waals surface area contributed by atoms with E-state index in [-0.39, 0.29) is 50.3 Å². The third-order valence-electron chi connectivity index (χ3n) is 19.4. The van der Waals surface area contributed by atoms with Gasteiger partial charge in [0.1, 0.15) is 0 Å². The molecule has 0 bridgehead atoms. The Labute approximate surface area is 577 Å². The summed E-state index contributed by atoms with van der Waals surface area (Å²) in [5.41, 5.74) is 18.4. The van der Waals surface area contributed by atoms with Gasteiger partial charge in [0.2, 0.25) is 0 Å². The lowest BCUT2D eigenvalue weighted by Crippen LogP contribution is -2.61. The van der Waals surface area contributed by atoms with Gasteiger partial charge in [-0.05, 0) is 168 Å². The zero-order valence-corrected chi connectivity index (χ0v) is 54.6. The maximum atomic E-state index is 9.80. The molecule has 4 nitrogen and oxygen atoms in total. The van der Waals surface area contributed by atoms with Gasteiger partial charge in [0.05, 0.1) is 51.3 Å². The largest absolute Gasteiger partial charge is 0.311 e. The first kappa shape index (κ1) is 45.4. The highest BCUT2D eigenvalue weighted by Gasteiger charge is 2.46. The second kappa shape index (κ2) is 21.9. The standard InChI is InChI=1S/C90H75BN4/c1-88(2,3)64-36-28-35-61(49-64)63-51-81-85(71-41-24-27-44-78(71)92(81)67-37-20-13-21-38-67)82(52-63)94-79-50-62(58-29-14-10-15-30-58)45-47-74(79)91-75-48-46-68(93-76-42-25-22-39-69(76)70-40-23-26-43-77(70)93)57-80(75)95(84-56-66(90(7,8)9)55-83(94)86(84)91)87-72(59-31-16-11-17-32-59)53-65(89(4,5)6)54-73(87)60-33-18-12-19-34-60/h10-57H,1-9H3/i10D,14D,15D,22D,23D,25D,26D,29D,30D,39D,40D,42D,43D. The Hall–Kier alpha value is -10.9. The Morgan fingerprint density at radius 1 is 0.305 bits per heavy atom. The van der Waals surface area contributed by atoms with Crippen molar-refractivity contribution in [1.82, 2.24) is 9.13 Å². The molecule has 0 amide bonds. The van der Waals surface area contributed by atoms with E-state index in [1.807, 2.05) is 78.9 Å². The number of fused-ring (bicyclic) bond motifs is 10. The van der Waals surface area contributed by atoms with E-state index in [2.05, 4.69) is 210 Å². The fourth-order valence-corrected chi connectivity index (χ4v) is 14.7. The number of rotatable bonds is 8. The molecule has 0 radical (unpaired) electrons. The van der Waals surface area contributed by atoms with E-state index >= 15 is 0 Å². The van der Waals surface area contributed by atoms with Gasteiger partial charge in [-0.2, -0.15) is 0 Å². The minimum atomic E-state index is -0.667. The van der Waals surface area contributed by atoms with Crippen LogP contribution in [-0.4, -0.2) is 15.8 Å². The van der Waals surface area contributed by atoms with Gasteiger partial charge in [-0.15, -0.1) is 0 Å². The van der Waals surface area contributed by atoms with Crippen LogP contribution in [0.5, 0.6) is 0 Å². The molecule has 0 saturated carbocycles. The zero-order chi connectivity index (χ0) is 76.0. The number of hydrogen-bond acceptors (Lipinski definition) is 2. The van der Waals surface area contributed by atoms with Gasteiger partial charge in [-0.3, -0.25) is 0 Å². The van der Waals surface area contributed by atoms with E-state index < -0.39 is 78.6 Å². The topological polar surface area (TPSA) is 16.3 Å². The van der Waals surface area contributed by atoms with E-state index in [9.17, 15) is 11.0 Å². The number of aromatic nitrogens is 2. The van der Waals surface area contributed by atoms with E-state index in [1.165, 1.54) is 0 Å². The molecular weight excluding hydrogens is 1150 g/mol. The maximum absolute atomic E-state index is 9.80. The van der Waals surface area contributed by atoms with Gasteiger partial charge < -0.3 is 18.9 Å². The molecule has 458 valence electrons. The molecule has 15 aromatic rings. The van der Waals surface area contributed by atoms with Crippen LogP contribution >= 0.6 is 0 Å². The molecule has 2 aliphatic heterocycles. The lowest BCUT2D eigenvalue weighted by Gasteiger charge is -2.46. The first-order valence-corrected chi connectivity index (χ1v) is 32.6. The van der Waals surface area contributed by atoms with Crippen LogP contribution in [0.25, 0.3) is 99.5 Å². The van der Waals surface area contributed by atoms with E-state index in [0.717, 1.165) is 117 Å². The number of para-hydroxylation sites is 4. The summed E-state index contributed by atoms with van der Waals surface area (Å²) in [6.45, 7) is 19.3. The second-order valence-electron chi connectivity index (χ2n) is 28.4. The molecule has 0 saturated heterocycles. The normalized spacial score (nSPS) is 15.0. The van der Waals surface area contributed by atoms with Crippen molar-refractivity contribution < 1.29 is 17.8 Å². The van der Waals surface area contributed by atoms with E-state index in [4.69, 9.17) is 6.85 Å². The molecule has 13 aromatic carbocycles. The predicted molar refractivity (Wildman–Crippen MR) is 407 cm³/mol. The van der Waals surface area contributed by atoms with Crippen molar-refractivity contribution in [3.63, 3.8) is 0 Å². The average molecular weight is 1240 g/mol. The smallest absolute Gasteiger partial charge is 0.252 e. The molecule has 0 spiro atoms. The van der Waals surface area contributed by atoms with Gasteiger partial charge in [0.25, 0.3) is 6.71 Å². The van der Waals surface area contributed by atoms with Crippen LogP contribution < -0.4 is 26.2 Å². The highest BCUT2D eigenvalue weighted by molar-refractivity contribution is 7.00. The van der Waals surface area contributed by atoms with Crippen molar-refractivity contribution in [2.45, 2.75) is 78.6 Å². The molecule has 0 fully saturated rings. The molecule has 0 unspecified atom stereocenters. The number of anilines is 6. The maximum Gasteiger partial charge on any atom is 0.252 e. The van der Waals surface area contributed by atoms with Gasteiger partial charge in [0, 0.05) is 66.8 Å². The molecular formula is C90H75BN4. The summed E-state index contributed by atoms with van der Waals surface area (Å²) < 4.78 is 125. The van der Waals surface area contributed by atoms with Gasteiger partial charge >= 0.3 is 0 Å². The Kier molecular flexibility index (Phi) is 10.5. The van der Waals surface area contributed by atoms with Crippen molar-refractivity contribution in [1.29, 1.82) is 0 Å². The van der Waals surface area contributed by atoms with Crippen LogP contribution in [-0.2, 0) is 16.2 Å². The highest BCUT2D eigenvalue weighted by atomic mass is 15.2. The van der Waals surface area contributed by atoms with Crippen molar-refractivity contribution in [3.8, 4) is 55.9 Å². The molecule has 95 heavy (non-hydrogen) atoms. The molecule has 0 N–H and O–H groups in total. The summed E-state index contributed by atoms with van der Waals surface area (Å²) in [4.78, 5) is 4.74. The number of hydrogen-bond donors (Lipinski definition) is 0. The third kappa shape index (κ3) is 9.49. The van der Waals surface area contributed by atoms with Gasteiger partial charge in [-0.1, -0.05) is 268 Å². The third-order valence-corrected chi connectivity index (χ3v) is 19.4. The fourth-order valence-electron chi connectivity index (χ4n) is 14.7. The van der Waals surface area contributed by atoms with Crippen LogP contribution in [0.3, 0.4) is 0 Å². The van der Waals surface area contributed by atoms with Crippen LogP contribution in [0.1, 0.15) is 96.8 Å².